The predicted molar refractivity (Wildman–Crippen MR) is 104 cm³/mol. The maximum atomic E-state index is 12.2. The van der Waals surface area contributed by atoms with Gasteiger partial charge in [-0.2, -0.15) is 0 Å². The van der Waals surface area contributed by atoms with Gasteiger partial charge < -0.3 is 9.90 Å². The minimum atomic E-state index is -0.160. The highest BCUT2D eigenvalue weighted by Crippen LogP contribution is 2.18. The van der Waals surface area contributed by atoms with Crippen LogP contribution < -0.4 is 0 Å². The topological polar surface area (TPSA) is 54.4 Å². The Morgan fingerprint density at radius 3 is 2.08 bits per heavy atom. The minimum Gasteiger partial charge on any atom is -0.508 e. The van der Waals surface area contributed by atoms with Crippen molar-refractivity contribution in [2.75, 3.05) is 0 Å². The molecule has 2 rings (SSSR count). The number of aromatic hydroxyl groups is 1. The van der Waals surface area contributed by atoms with E-state index in [9.17, 15) is 19.1 Å². The molecule has 0 fully saturated rings. The number of ketones is 2. The van der Waals surface area contributed by atoms with E-state index in [1.165, 1.54) is 36.8 Å². The lowest BCUT2D eigenvalue weighted by Crippen LogP contribution is -2.04. The molecule has 0 bridgehead atoms. The number of hydrogen-bond donors (Lipinski definition) is 1. The van der Waals surface area contributed by atoms with E-state index in [-0.39, 0.29) is 36.0 Å². The molecule has 2 aromatic carbocycles. The van der Waals surface area contributed by atoms with Gasteiger partial charge in [0.2, 0.25) is 0 Å². The first kappa shape index (κ1) is 23.5. The Morgan fingerprint density at radius 1 is 1.00 bits per heavy atom. The van der Waals surface area contributed by atoms with Crippen LogP contribution >= 0.6 is 0 Å². The summed E-state index contributed by atoms with van der Waals surface area (Å²) in [5, 5.41) is 9.24. The summed E-state index contributed by atoms with van der Waals surface area (Å²) in [6.07, 6.45) is 1.44. The summed E-state index contributed by atoms with van der Waals surface area (Å²) in [5.74, 6) is -0.182. The Labute approximate surface area is 155 Å². The molecule has 0 saturated carbocycles. The number of carbonyl (C=O) groups is 2. The molecule has 0 aromatic heterocycles. The fraction of sp³-hybridized carbons (Fsp3) is 0.364. The summed E-state index contributed by atoms with van der Waals surface area (Å²) >= 11 is 0. The first-order valence-electron chi connectivity index (χ1n) is 8.90. The second kappa shape index (κ2) is 12.8. The minimum absolute atomic E-state index is 0.00107. The van der Waals surface area contributed by atoms with Crippen molar-refractivity contribution in [1.29, 1.82) is 0 Å². The third-order valence-electron chi connectivity index (χ3n) is 3.55. The van der Waals surface area contributed by atoms with Crippen molar-refractivity contribution in [3.05, 3.63) is 65.0 Å². The van der Waals surface area contributed by atoms with Gasteiger partial charge in [-0.15, -0.1) is 0 Å². The molecule has 0 amide bonds. The molecular formula is C22H29FO3. The Hall–Kier alpha value is -2.49. The molecule has 0 radical (unpaired) electrons. The Balaban J connectivity index is 0.000000484. The van der Waals surface area contributed by atoms with Gasteiger partial charge in [-0.05, 0) is 55.7 Å². The molecule has 0 aliphatic rings. The van der Waals surface area contributed by atoms with E-state index in [1.54, 1.807) is 25.1 Å². The summed E-state index contributed by atoms with van der Waals surface area (Å²) in [6.45, 7) is 9.32. The van der Waals surface area contributed by atoms with E-state index in [2.05, 4.69) is 0 Å². The van der Waals surface area contributed by atoms with E-state index in [0.29, 0.717) is 5.56 Å². The number of halogens is 1. The third-order valence-corrected chi connectivity index (χ3v) is 3.55. The van der Waals surface area contributed by atoms with Crippen LogP contribution in [0.3, 0.4) is 0 Å². The zero-order valence-corrected chi connectivity index (χ0v) is 16.3. The van der Waals surface area contributed by atoms with Gasteiger partial charge in [-0.1, -0.05) is 39.0 Å². The summed E-state index contributed by atoms with van der Waals surface area (Å²) in [7, 11) is 0. The third kappa shape index (κ3) is 9.11. The molecule has 0 aliphatic heterocycles. The van der Waals surface area contributed by atoms with Gasteiger partial charge in [0, 0.05) is 18.4 Å². The molecule has 1 N–H and O–H groups in total. The fourth-order valence-corrected chi connectivity index (χ4v) is 2.05. The van der Waals surface area contributed by atoms with Crippen LogP contribution in [0.4, 0.5) is 4.39 Å². The number of Topliss-reactive ketones (excluding diaryl/α,β-unsaturated/α-hetero) is 2. The Kier molecular flexibility index (Phi) is 11.6. The number of rotatable bonds is 5. The maximum absolute atomic E-state index is 12.2. The van der Waals surface area contributed by atoms with Gasteiger partial charge in [0.05, 0.1) is 0 Å². The zero-order chi connectivity index (χ0) is 20.1. The monoisotopic (exact) mass is 360 g/mol. The van der Waals surface area contributed by atoms with E-state index >= 15 is 0 Å². The molecule has 4 heteroatoms. The quantitative estimate of drug-likeness (QED) is 0.699. The van der Waals surface area contributed by atoms with Gasteiger partial charge in [0.1, 0.15) is 17.3 Å². The molecule has 0 heterocycles. The molecular weight excluding hydrogens is 331 g/mol. The predicted octanol–water partition coefficient (Wildman–Crippen LogP) is 5.67. The highest BCUT2D eigenvalue weighted by Gasteiger charge is 2.10. The molecule has 26 heavy (non-hydrogen) atoms. The van der Waals surface area contributed by atoms with Crippen molar-refractivity contribution < 1.29 is 19.1 Å². The lowest BCUT2D eigenvalue weighted by molar-refractivity contribution is -0.116. The summed E-state index contributed by atoms with van der Waals surface area (Å²) < 4.78 is 12.2. The van der Waals surface area contributed by atoms with Crippen LogP contribution in [0, 0.1) is 12.7 Å². The second-order valence-corrected chi connectivity index (χ2v) is 5.60. The SMILES string of the molecule is CC.CC(=O)CCC(=O)c1cc(O)ccc1C.CCc1ccc(F)cc1. The Morgan fingerprint density at radius 2 is 1.58 bits per heavy atom. The molecule has 0 aliphatic carbocycles. The van der Waals surface area contributed by atoms with Crippen molar-refractivity contribution in [2.45, 2.75) is 53.9 Å². The van der Waals surface area contributed by atoms with Gasteiger partial charge >= 0.3 is 0 Å². The molecule has 0 atom stereocenters. The summed E-state index contributed by atoms with van der Waals surface area (Å²) in [6, 6.07) is 11.2. The zero-order valence-electron chi connectivity index (χ0n) is 16.3. The number of phenolic OH excluding ortho intramolecular Hbond substituents is 1. The smallest absolute Gasteiger partial charge is 0.163 e. The van der Waals surface area contributed by atoms with E-state index in [0.717, 1.165) is 12.0 Å². The highest BCUT2D eigenvalue weighted by molar-refractivity contribution is 5.99. The number of aryl methyl sites for hydroxylation is 2. The van der Waals surface area contributed by atoms with Crippen LogP contribution in [0.2, 0.25) is 0 Å². The van der Waals surface area contributed by atoms with Crippen molar-refractivity contribution in [1.82, 2.24) is 0 Å². The maximum Gasteiger partial charge on any atom is 0.163 e. The normalized spacial score (nSPS) is 9.31. The van der Waals surface area contributed by atoms with Gasteiger partial charge in [0.15, 0.2) is 5.78 Å². The number of carbonyl (C=O) groups excluding carboxylic acids is 2. The largest absolute Gasteiger partial charge is 0.508 e. The molecule has 2 aromatic rings. The van der Waals surface area contributed by atoms with Crippen LogP contribution in [-0.2, 0) is 11.2 Å². The second-order valence-electron chi connectivity index (χ2n) is 5.60. The van der Waals surface area contributed by atoms with E-state index in [1.807, 2.05) is 20.8 Å². The average molecular weight is 360 g/mol. The van der Waals surface area contributed by atoms with Crippen molar-refractivity contribution in [3.63, 3.8) is 0 Å². The van der Waals surface area contributed by atoms with Crippen LogP contribution in [0.1, 0.15) is 62.0 Å². The first-order chi connectivity index (χ1) is 12.3. The lowest BCUT2D eigenvalue weighted by atomic mass is 10.0. The average Bonchev–Trinajstić information content (AvgIpc) is 2.64. The number of benzene rings is 2. The van der Waals surface area contributed by atoms with E-state index in [4.69, 9.17) is 0 Å². The van der Waals surface area contributed by atoms with E-state index < -0.39 is 0 Å². The van der Waals surface area contributed by atoms with Crippen LogP contribution in [0.25, 0.3) is 0 Å². The molecule has 0 unspecified atom stereocenters. The van der Waals surface area contributed by atoms with Gasteiger partial charge in [-0.25, -0.2) is 4.39 Å². The van der Waals surface area contributed by atoms with Crippen LogP contribution in [0.15, 0.2) is 42.5 Å². The molecule has 0 spiro atoms. The summed E-state index contributed by atoms with van der Waals surface area (Å²) in [4.78, 5) is 22.4. The Bertz CT molecular complexity index is 691. The van der Waals surface area contributed by atoms with Crippen molar-refractivity contribution in [3.8, 4) is 5.75 Å². The van der Waals surface area contributed by atoms with Crippen molar-refractivity contribution >= 4 is 11.6 Å². The van der Waals surface area contributed by atoms with Crippen LogP contribution in [0.5, 0.6) is 5.75 Å². The fourth-order valence-electron chi connectivity index (χ4n) is 2.05. The highest BCUT2D eigenvalue weighted by atomic mass is 19.1. The first-order valence-corrected chi connectivity index (χ1v) is 8.90. The van der Waals surface area contributed by atoms with Crippen molar-refractivity contribution in [2.24, 2.45) is 0 Å². The lowest BCUT2D eigenvalue weighted by Gasteiger charge is -2.04. The molecule has 0 saturated heterocycles. The standard InChI is InChI=1S/C12H14O3.C8H9F.C2H6/c1-8-3-5-10(14)7-11(8)12(15)6-4-9(2)13;1-2-7-3-5-8(9)6-4-7;1-2/h3,5,7,14H,4,6H2,1-2H3;3-6H,2H2,1H3;1-2H3. The molecule has 142 valence electrons. The molecule has 3 nitrogen and oxygen atoms in total. The van der Waals surface area contributed by atoms with Gasteiger partial charge in [0.25, 0.3) is 0 Å². The summed E-state index contributed by atoms with van der Waals surface area (Å²) in [5.41, 5.74) is 2.49. The van der Waals surface area contributed by atoms with Crippen LogP contribution in [-0.4, -0.2) is 16.7 Å². The number of hydrogen-bond acceptors (Lipinski definition) is 3. The number of phenols is 1. The van der Waals surface area contributed by atoms with Gasteiger partial charge in [-0.3, -0.25) is 4.79 Å².